The Morgan fingerprint density at radius 2 is 1.56 bits per heavy atom. The highest BCUT2D eigenvalue weighted by Gasteiger charge is 2.42. The second kappa shape index (κ2) is 8.38. The third-order valence-corrected chi connectivity index (χ3v) is 7.55. The molecular weight excluding hydrogens is 356 g/mol. The number of benzene rings is 2. The van der Waals surface area contributed by atoms with Crippen molar-refractivity contribution in [2.75, 3.05) is 0 Å². The second-order valence-electron chi connectivity index (χ2n) is 8.20. The SMILES string of the molecule is CC(C)(C)C(O[SiH](c1ccccc1)c1ccccc1)C1CCC(C(=O)O)O1. The molecule has 1 aliphatic heterocycles. The van der Waals surface area contributed by atoms with Crippen LogP contribution >= 0.6 is 0 Å². The van der Waals surface area contributed by atoms with Gasteiger partial charge < -0.3 is 14.3 Å². The molecule has 1 heterocycles. The van der Waals surface area contributed by atoms with Gasteiger partial charge >= 0.3 is 5.97 Å². The van der Waals surface area contributed by atoms with E-state index in [-0.39, 0.29) is 17.6 Å². The van der Waals surface area contributed by atoms with Crippen LogP contribution in [0.15, 0.2) is 60.7 Å². The fourth-order valence-electron chi connectivity index (χ4n) is 3.67. The van der Waals surface area contributed by atoms with E-state index in [1.165, 1.54) is 10.4 Å². The first-order valence-electron chi connectivity index (χ1n) is 9.50. The Kier molecular flexibility index (Phi) is 6.14. The highest BCUT2D eigenvalue weighted by Crippen LogP contribution is 2.34. The summed E-state index contributed by atoms with van der Waals surface area (Å²) in [5, 5.41) is 11.7. The predicted molar refractivity (Wildman–Crippen MR) is 109 cm³/mol. The van der Waals surface area contributed by atoms with Crippen LogP contribution in [0, 0.1) is 5.41 Å². The van der Waals surface area contributed by atoms with Crippen LogP contribution in [0.25, 0.3) is 0 Å². The largest absolute Gasteiger partial charge is 0.479 e. The zero-order chi connectivity index (χ0) is 19.4. The molecule has 144 valence electrons. The minimum absolute atomic E-state index is 0.160. The van der Waals surface area contributed by atoms with Gasteiger partial charge in [-0.3, -0.25) is 0 Å². The zero-order valence-corrected chi connectivity index (χ0v) is 17.3. The van der Waals surface area contributed by atoms with Crippen molar-refractivity contribution in [2.45, 2.75) is 51.9 Å². The van der Waals surface area contributed by atoms with Crippen molar-refractivity contribution in [3.8, 4) is 0 Å². The van der Waals surface area contributed by atoms with Gasteiger partial charge in [0, 0.05) is 0 Å². The molecule has 0 spiro atoms. The Bertz CT molecular complexity index is 702. The number of rotatable bonds is 6. The van der Waals surface area contributed by atoms with Gasteiger partial charge in [-0.2, -0.15) is 0 Å². The quantitative estimate of drug-likeness (QED) is 0.778. The highest BCUT2D eigenvalue weighted by atomic mass is 28.3. The summed E-state index contributed by atoms with van der Waals surface area (Å²) in [5.74, 6) is -0.884. The summed E-state index contributed by atoms with van der Waals surface area (Å²) in [5.41, 5.74) is -0.160. The standard InChI is InChI=1S/C22H28O4Si/c1-22(2,3)20(18-14-15-19(25-18)21(23)24)26-27(16-10-6-4-7-11-16)17-12-8-5-9-13-17/h4-13,18-20,27H,14-15H2,1-3H3,(H,23,24). The topological polar surface area (TPSA) is 55.8 Å². The molecule has 2 aromatic rings. The number of carbonyl (C=O) groups is 1. The minimum atomic E-state index is -1.94. The van der Waals surface area contributed by atoms with E-state index in [0.717, 1.165) is 0 Å². The van der Waals surface area contributed by atoms with Crippen LogP contribution in [0.4, 0.5) is 0 Å². The molecule has 1 fully saturated rings. The van der Waals surface area contributed by atoms with E-state index in [1.807, 2.05) is 36.4 Å². The average Bonchev–Trinajstić information content (AvgIpc) is 3.13. The molecule has 2 aromatic carbocycles. The van der Waals surface area contributed by atoms with Crippen molar-refractivity contribution < 1.29 is 19.1 Å². The summed E-state index contributed by atoms with van der Waals surface area (Å²) in [6, 6.07) is 20.7. The summed E-state index contributed by atoms with van der Waals surface area (Å²) >= 11 is 0. The van der Waals surface area contributed by atoms with Crippen LogP contribution in [0.2, 0.25) is 0 Å². The normalized spacial score (nSPS) is 21.3. The first-order chi connectivity index (χ1) is 12.9. The molecule has 1 saturated heterocycles. The van der Waals surface area contributed by atoms with E-state index in [0.29, 0.717) is 12.8 Å². The van der Waals surface area contributed by atoms with Crippen LogP contribution in [0.3, 0.4) is 0 Å². The Balaban J connectivity index is 1.90. The van der Waals surface area contributed by atoms with Gasteiger partial charge in [-0.05, 0) is 28.6 Å². The number of carboxylic acid groups (broad SMARTS) is 1. The Morgan fingerprint density at radius 1 is 1.04 bits per heavy atom. The van der Waals surface area contributed by atoms with Gasteiger partial charge in [-0.15, -0.1) is 0 Å². The lowest BCUT2D eigenvalue weighted by atomic mass is 9.85. The average molecular weight is 385 g/mol. The lowest BCUT2D eigenvalue weighted by molar-refractivity contribution is -0.153. The van der Waals surface area contributed by atoms with Gasteiger partial charge in [-0.25, -0.2) is 4.79 Å². The molecule has 0 aliphatic carbocycles. The van der Waals surface area contributed by atoms with Gasteiger partial charge in [0.15, 0.2) is 6.10 Å². The van der Waals surface area contributed by atoms with Crippen molar-refractivity contribution in [3.05, 3.63) is 60.7 Å². The summed E-state index contributed by atoms with van der Waals surface area (Å²) in [6.45, 7) is 6.41. The molecule has 5 heteroatoms. The lowest BCUT2D eigenvalue weighted by Crippen LogP contribution is -2.53. The van der Waals surface area contributed by atoms with Crippen LogP contribution in [-0.4, -0.2) is 38.4 Å². The van der Waals surface area contributed by atoms with Crippen molar-refractivity contribution in [1.29, 1.82) is 0 Å². The molecule has 0 amide bonds. The molecule has 4 nitrogen and oxygen atoms in total. The van der Waals surface area contributed by atoms with Gasteiger partial charge in [0.2, 0.25) is 9.04 Å². The van der Waals surface area contributed by atoms with Crippen LogP contribution in [0.1, 0.15) is 33.6 Å². The Morgan fingerprint density at radius 3 is 1.96 bits per heavy atom. The molecule has 0 radical (unpaired) electrons. The first kappa shape index (κ1) is 19.8. The van der Waals surface area contributed by atoms with E-state index in [1.54, 1.807) is 0 Å². The van der Waals surface area contributed by atoms with E-state index >= 15 is 0 Å². The third-order valence-electron chi connectivity index (χ3n) is 5.01. The van der Waals surface area contributed by atoms with Crippen molar-refractivity contribution >= 4 is 25.4 Å². The molecule has 1 aliphatic rings. The molecule has 3 unspecified atom stereocenters. The fourth-order valence-corrected chi connectivity index (χ4v) is 6.39. The molecule has 3 atom stereocenters. The van der Waals surface area contributed by atoms with Gasteiger partial charge in [0.1, 0.15) is 0 Å². The molecule has 3 rings (SSSR count). The third kappa shape index (κ3) is 4.86. The van der Waals surface area contributed by atoms with Crippen LogP contribution < -0.4 is 10.4 Å². The Hall–Kier alpha value is -1.95. The van der Waals surface area contributed by atoms with E-state index in [4.69, 9.17) is 9.16 Å². The second-order valence-corrected chi connectivity index (χ2v) is 10.6. The molecule has 1 N–H and O–H groups in total. The van der Waals surface area contributed by atoms with E-state index < -0.39 is 21.1 Å². The number of carboxylic acids is 1. The smallest absolute Gasteiger partial charge is 0.332 e. The molecular formula is C22H28O4Si. The maximum absolute atomic E-state index is 11.3. The number of ether oxygens (including phenoxy) is 1. The maximum atomic E-state index is 11.3. The van der Waals surface area contributed by atoms with Crippen molar-refractivity contribution in [2.24, 2.45) is 5.41 Å². The van der Waals surface area contributed by atoms with Crippen molar-refractivity contribution in [1.82, 2.24) is 0 Å². The first-order valence-corrected chi connectivity index (χ1v) is 11.1. The maximum Gasteiger partial charge on any atom is 0.332 e. The summed E-state index contributed by atoms with van der Waals surface area (Å²) in [6.07, 6.45) is 0.159. The fraction of sp³-hybridized carbons (Fsp3) is 0.409. The van der Waals surface area contributed by atoms with Crippen molar-refractivity contribution in [3.63, 3.8) is 0 Å². The minimum Gasteiger partial charge on any atom is -0.479 e. The summed E-state index contributed by atoms with van der Waals surface area (Å²) in [4.78, 5) is 11.3. The number of hydrogen-bond donors (Lipinski definition) is 1. The zero-order valence-electron chi connectivity index (χ0n) is 16.2. The number of hydrogen-bond acceptors (Lipinski definition) is 3. The Labute approximate surface area is 162 Å². The molecule has 0 saturated carbocycles. The number of aliphatic carboxylic acids is 1. The highest BCUT2D eigenvalue weighted by molar-refractivity contribution is 6.80. The molecule has 27 heavy (non-hydrogen) atoms. The molecule has 0 bridgehead atoms. The van der Waals surface area contributed by atoms with Gasteiger partial charge in [-0.1, -0.05) is 81.4 Å². The van der Waals surface area contributed by atoms with Crippen LogP contribution in [0.5, 0.6) is 0 Å². The van der Waals surface area contributed by atoms with Gasteiger partial charge in [0.25, 0.3) is 0 Å². The predicted octanol–water partition coefficient (Wildman–Crippen LogP) is 2.59. The summed E-state index contributed by atoms with van der Waals surface area (Å²) in [7, 11) is -1.94. The van der Waals surface area contributed by atoms with E-state index in [2.05, 4.69) is 45.0 Å². The molecule has 0 aromatic heterocycles. The van der Waals surface area contributed by atoms with Crippen LogP contribution in [-0.2, 0) is 14.0 Å². The van der Waals surface area contributed by atoms with Gasteiger partial charge in [0.05, 0.1) is 12.2 Å². The lowest BCUT2D eigenvalue weighted by Gasteiger charge is -2.38. The van der Waals surface area contributed by atoms with E-state index in [9.17, 15) is 9.90 Å². The summed E-state index contributed by atoms with van der Waals surface area (Å²) < 4.78 is 12.7. The monoisotopic (exact) mass is 384 g/mol.